The van der Waals surface area contributed by atoms with Crippen LogP contribution in [0, 0.1) is 0 Å². The Morgan fingerprint density at radius 1 is 1.03 bits per heavy atom. The van der Waals surface area contributed by atoms with Crippen LogP contribution in [0.15, 0.2) is 65.5 Å². The van der Waals surface area contributed by atoms with Crippen LogP contribution in [0.4, 0.5) is 4.79 Å². The van der Waals surface area contributed by atoms with Crippen LogP contribution < -0.4 is 14.8 Å². The van der Waals surface area contributed by atoms with Crippen LogP contribution in [0.1, 0.15) is 37.8 Å². The first-order valence-corrected chi connectivity index (χ1v) is 11.1. The van der Waals surface area contributed by atoms with Crippen molar-refractivity contribution >= 4 is 22.0 Å². The van der Waals surface area contributed by atoms with E-state index in [9.17, 15) is 4.79 Å². The molecule has 0 radical (unpaired) electrons. The van der Waals surface area contributed by atoms with E-state index >= 15 is 0 Å². The normalized spacial score (nSPS) is 17.8. The number of nitrogens with zero attached hydrogens (tertiary/aromatic N) is 2. The van der Waals surface area contributed by atoms with Gasteiger partial charge < -0.3 is 19.9 Å². The highest BCUT2D eigenvalue weighted by Gasteiger charge is 2.32. The fourth-order valence-electron chi connectivity index (χ4n) is 3.70. The molecule has 0 aliphatic heterocycles. The number of aromatic nitrogens is 2. The second-order valence-corrected chi connectivity index (χ2v) is 9.01. The van der Waals surface area contributed by atoms with Crippen molar-refractivity contribution in [2.45, 2.75) is 44.2 Å². The first-order valence-electron chi connectivity index (χ1n) is 10.3. The van der Waals surface area contributed by atoms with Gasteiger partial charge in [0, 0.05) is 36.6 Å². The predicted octanol–water partition coefficient (Wildman–Crippen LogP) is 5.53. The smallest absolute Gasteiger partial charge is 0.404 e. The van der Waals surface area contributed by atoms with Crippen molar-refractivity contribution in [3.05, 3.63) is 76.7 Å². The molecule has 0 spiro atoms. The summed E-state index contributed by atoms with van der Waals surface area (Å²) in [6.07, 6.45) is 2.09. The zero-order valence-electron chi connectivity index (χ0n) is 17.8. The lowest BCUT2D eigenvalue weighted by atomic mass is 9.78. The van der Waals surface area contributed by atoms with Crippen LogP contribution in [0.25, 0.3) is 0 Å². The Morgan fingerprint density at radius 2 is 1.62 bits per heavy atom. The number of ether oxygens (including phenoxy) is 2. The Balaban J connectivity index is 1.38. The molecule has 1 fully saturated rings. The summed E-state index contributed by atoms with van der Waals surface area (Å²) in [6.45, 7) is 4.35. The summed E-state index contributed by atoms with van der Waals surface area (Å²) in [5.74, 6) is 1.98. The van der Waals surface area contributed by atoms with E-state index in [4.69, 9.17) is 14.6 Å². The Morgan fingerprint density at radius 3 is 2.19 bits per heavy atom. The van der Waals surface area contributed by atoms with Crippen molar-refractivity contribution in [1.82, 2.24) is 15.3 Å². The molecule has 1 amide bonds. The summed E-state index contributed by atoms with van der Waals surface area (Å²) in [4.78, 5) is 18.8. The van der Waals surface area contributed by atoms with Gasteiger partial charge in [0.1, 0.15) is 17.6 Å². The minimum absolute atomic E-state index is 0.0153. The summed E-state index contributed by atoms with van der Waals surface area (Å²) in [7, 11) is 0. The predicted molar refractivity (Wildman–Crippen MR) is 123 cm³/mol. The molecule has 1 heterocycles. The molecule has 0 atom stereocenters. The molecule has 2 N–H and O–H groups in total. The second-order valence-electron chi connectivity index (χ2n) is 8.30. The molecule has 0 bridgehead atoms. The fraction of sp³-hybridized carbons (Fsp3) is 0.292. The number of benzene rings is 2. The van der Waals surface area contributed by atoms with Gasteiger partial charge in [-0.05, 0) is 51.3 Å². The highest BCUT2D eigenvalue weighted by Crippen LogP contribution is 2.34. The van der Waals surface area contributed by atoms with E-state index in [1.165, 1.54) is 0 Å². The number of carboxylic acid groups (broad SMARTS) is 1. The summed E-state index contributed by atoms with van der Waals surface area (Å²) in [5, 5.41) is 11.2. The Hall–Kier alpha value is -3.13. The highest BCUT2D eigenvalue weighted by atomic mass is 79.9. The molecule has 8 heteroatoms. The number of amides is 1. The van der Waals surface area contributed by atoms with E-state index < -0.39 is 6.09 Å². The third-order valence-corrected chi connectivity index (χ3v) is 6.08. The van der Waals surface area contributed by atoms with Gasteiger partial charge in [-0.15, -0.1) is 0 Å². The van der Waals surface area contributed by atoms with Crippen molar-refractivity contribution in [2.24, 2.45) is 0 Å². The van der Waals surface area contributed by atoms with Crippen LogP contribution in [-0.2, 0) is 5.41 Å². The molecule has 2 aromatic carbocycles. The molecule has 166 valence electrons. The summed E-state index contributed by atoms with van der Waals surface area (Å²) in [5.41, 5.74) is 2.11. The van der Waals surface area contributed by atoms with Gasteiger partial charge in [0.15, 0.2) is 4.73 Å². The minimum Gasteiger partial charge on any atom is -0.490 e. The zero-order chi connectivity index (χ0) is 22.7. The van der Waals surface area contributed by atoms with Crippen molar-refractivity contribution in [1.29, 1.82) is 0 Å². The number of halogens is 1. The van der Waals surface area contributed by atoms with E-state index in [-0.39, 0.29) is 17.6 Å². The average molecular weight is 498 g/mol. The van der Waals surface area contributed by atoms with Crippen LogP contribution in [-0.4, -0.2) is 33.3 Å². The Bertz CT molecular complexity index is 1080. The largest absolute Gasteiger partial charge is 0.490 e. The van der Waals surface area contributed by atoms with Gasteiger partial charge in [0.2, 0.25) is 5.88 Å². The van der Waals surface area contributed by atoms with Crippen molar-refractivity contribution in [2.75, 3.05) is 0 Å². The summed E-state index contributed by atoms with van der Waals surface area (Å²) < 4.78 is 12.2. The monoisotopic (exact) mass is 497 g/mol. The molecule has 3 aromatic rings. The summed E-state index contributed by atoms with van der Waals surface area (Å²) >= 11 is 3.24. The molecule has 1 aromatic heterocycles. The third-order valence-electron chi connectivity index (χ3n) is 5.70. The Kier molecular flexibility index (Phi) is 6.32. The third kappa shape index (κ3) is 5.19. The van der Waals surface area contributed by atoms with Crippen molar-refractivity contribution in [3.8, 4) is 17.4 Å². The van der Waals surface area contributed by atoms with Crippen LogP contribution in [0.2, 0.25) is 0 Å². The van der Waals surface area contributed by atoms with Crippen molar-refractivity contribution < 1.29 is 19.4 Å². The van der Waals surface area contributed by atoms with E-state index in [2.05, 4.69) is 69.3 Å². The van der Waals surface area contributed by atoms with E-state index in [1.54, 1.807) is 12.3 Å². The SMILES string of the molecule is CC(C)(c1ccc(Oc2ccnc(Br)n2)cc1)c1ccc(OC2CC(NC(=O)O)C2)cc1. The molecule has 32 heavy (non-hydrogen) atoms. The first-order chi connectivity index (χ1) is 15.3. The molecule has 7 nitrogen and oxygen atoms in total. The number of hydrogen-bond donors (Lipinski definition) is 2. The molecule has 1 saturated carbocycles. The molecular formula is C24H24BrN3O4. The minimum atomic E-state index is -0.985. The molecular weight excluding hydrogens is 474 g/mol. The van der Waals surface area contributed by atoms with Gasteiger partial charge in [-0.1, -0.05) is 38.1 Å². The van der Waals surface area contributed by atoms with Crippen LogP contribution in [0.3, 0.4) is 0 Å². The maximum atomic E-state index is 10.7. The standard InChI is InChI=1S/C24H24BrN3O4/c1-24(2,16-5-9-19(10-6-16)32-21-11-12-26-22(25)28-21)15-3-7-18(8-4-15)31-20-13-17(14-20)27-23(29)30/h3-12,17,20,27H,13-14H2,1-2H3,(H,29,30). The highest BCUT2D eigenvalue weighted by molar-refractivity contribution is 9.10. The van der Waals surface area contributed by atoms with Gasteiger partial charge in [0.25, 0.3) is 0 Å². The lowest BCUT2D eigenvalue weighted by molar-refractivity contribution is 0.0833. The van der Waals surface area contributed by atoms with Gasteiger partial charge in [0.05, 0.1) is 0 Å². The maximum absolute atomic E-state index is 10.7. The van der Waals surface area contributed by atoms with Crippen molar-refractivity contribution in [3.63, 3.8) is 0 Å². The van der Waals surface area contributed by atoms with E-state index in [0.717, 1.165) is 16.9 Å². The maximum Gasteiger partial charge on any atom is 0.404 e. The fourth-order valence-corrected chi connectivity index (χ4v) is 3.99. The molecule has 1 aliphatic rings. The topological polar surface area (TPSA) is 93.6 Å². The van der Waals surface area contributed by atoms with E-state index in [0.29, 0.717) is 29.2 Å². The van der Waals surface area contributed by atoms with Gasteiger partial charge in [-0.25, -0.2) is 9.78 Å². The van der Waals surface area contributed by atoms with Gasteiger partial charge >= 0.3 is 6.09 Å². The van der Waals surface area contributed by atoms with Gasteiger partial charge in [-0.2, -0.15) is 4.98 Å². The molecule has 0 saturated heterocycles. The molecule has 0 unspecified atom stereocenters. The average Bonchev–Trinajstić information content (AvgIpc) is 2.73. The van der Waals surface area contributed by atoms with Crippen LogP contribution in [0.5, 0.6) is 17.4 Å². The first kappa shape index (κ1) is 22.1. The number of rotatable bonds is 7. The van der Waals surface area contributed by atoms with Crippen LogP contribution >= 0.6 is 15.9 Å². The Labute approximate surface area is 194 Å². The number of carbonyl (C=O) groups is 1. The zero-order valence-corrected chi connectivity index (χ0v) is 19.4. The summed E-state index contributed by atoms with van der Waals surface area (Å²) in [6, 6.07) is 17.8. The number of nitrogens with one attached hydrogen (secondary N) is 1. The molecule has 1 aliphatic carbocycles. The van der Waals surface area contributed by atoms with E-state index in [1.807, 2.05) is 24.3 Å². The lowest BCUT2D eigenvalue weighted by Crippen LogP contribution is -2.48. The lowest BCUT2D eigenvalue weighted by Gasteiger charge is -2.35. The number of hydrogen-bond acceptors (Lipinski definition) is 5. The second kappa shape index (κ2) is 9.16. The van der Waals surface area contributed by atoms with Gasteiger partial charge in [-0.3, -0.25) is 0 Å². The molecule has 4 rings (SSSR count). The quantitative estimate of drug-likeness (QED) is 0.416.